The van der Waals surface area contributed by atoms with Crippen LogP contribution >= 0.6 is 11.3 Å². The first-order valence-corrected chi connectivity index (χ1v) is 7.71. The summed E-state index contributed by atoms with van der Waals surface area (Å²) in [6, 6.07) is 3.36. The number of hydrogen-bond donors (Lipinski definition) is 1. The van der Waals surface area contributed by atoms with Gasteiger partial charge in [0, 0.05) is 13.2 Å². The minimum Gasteiger partial charge on any atom is -0.377 e. The van der Waals surface area contributed by atoms with Crippen molar-refractivity contribution in [1.82, 2.24) is 0 Å². The van der Waals surface area contributed by atoms with Crippen molar-refractivity contribution in [2.45, 2.75) is 23.7 Å². The van der Waals surface area contributed by atoms with Crippen LogP contribution in [0.3, 0.4) is 0 Å². The van der Waals surface area contributed by atoms with E-state index in [2.05, 4.69) is 0 Å². The maximum absolute atomic E-state index is 11.8. The molecule has 4 nitrogen and oxygen atoms in total. The summed E-state index contributed by atoms with van der Waals surface area (Å²) in [4.78, 5) is 0. The van der Waals surface area contributed by atoms with E-state index in [1.165, 1.54) is 11.3 Å². The first-order valence-electron chi connectivity index (χ1n) is 5.18. The van der Waals surface area contributed by atoms with Gasteiger partial charge in [0.2, 0.25) is 0 Å². The Hall–Kier alpha value is -0.430. The van der Waals surface area contributed by atoms with Crippen LogP contribution in [0.25, 0.3) is 0 Å². The van der Waals surface area contributed by atoms with Gasteiger partial charge in [-0.15, -0.1) is 11.3 Å². The molecule has 0 aromatic carbocycles. The van der Waals surface area contributed by atoms with Gasteiger partial charge in [-0.25, -0.2) is 8.42 Å². The summed E-state index contributed by atoms with van der Waals surface area (Å²) in [6.45, 7) is 2.78. The number of ether oxygens (including phenoxy) is 1. The van der Waals surface area contributed by atoms with Gasteiger partial charge in [-0.05, 0) is 24.8 Å². The van der Waals surface area contributed by atoms with Crippen molar-refractivity contribution in [2.75, 3.05) is 18.9 Å². The molecule has 1 unspecified atom stereocenters. The summed E-state index contributed by atoms with van der Waals surface area (Å²) >= 11 is 1.24. The lowest BCUT2D eigenvalue weighted by Gasteiger charge is -2.14. The van der Waals surface area contributed by atoms with E-state index in [1.807, 2.05) is 6.92 Å². The number of thiophene rings is 1. The fourth-order valence-corrected chi connectivity index (χ4v) is 3.84. The van der Waals surface area contributed by atoms with Crippen LogP contribution in [-0.2, 0) is 14.6 Å². The first kappa shape index (κ1) is 13.6. The van der Waals surface area contributed by atoms with Gasteiger partial charge in [-0.1, -0.05) is 6.07 Å². The molecule has 0 amide bonds. The number of rotatable bonds is 7. The van der Waals surface area contributed by atoms with Crippen molar-refractivity contribution < 1.29 is 13.2 Å². The molecule has 92 valence electrons. The van der Waals surface area contributed by atoms with Crippen LogP contribution < -0.4 is 5.73 Å². The molecule has 6 heteroatoms. The Bertz CT molecular complexity index is 386. The predicted octanol–water partition coefficient (Wildman–Crippen LogP) is 1.28. The Morgan fingerprint density at radius 1 is 1.56 bits per heavy atom. The average molecular weight is 263 g/mol. The molecule has 1 rings (SSSR count). The van der Waals surface area contributed by atoms with Crippen molar-refractivity contribution in [2.24, 2.45) is 5.73 Å². The van der Waals surface area contributed by atoms with Gasteiger partial charge >= 0.3 is 0 Å². The highest BCUT2D eigenvalue weighted by Crippen LogP contribution is 2.18. The molecule has 0 saturated carbocycles. The van der Waals surface area contributed by atoms with E-state index in [0.29, 0.717) is 23.8 Å². The molecule has 1 atom stereocenters. The maximum Gasteiger partial charge on any atom is 0.187 e. The Morgan fingerprint density at radius 3 is 2.81 bits per heavy atom. The van der Waals surface area contributed by atoms with Crippen LogP contribution in [0.2, 0.25) is 0 Å². The zero-order valence-electron chi connectivity index (χ0n) is 9.26. The highest BCUT2D eigenvalue weighted by Gasteiger charge is 2.18. The van der Waals surface area contributed by atoms with Gasteiger partial charge in [0.25, 0.3) is 0 Å². The van der Waals surface area contributed by atoms with Gasteiger partial charge in [0.1, 0.15) is 4.21 Å². The van der Waals surface area contributed by atoms with Gasteiger partial charge in [0.05, 0.1) is 11.9 Å². The highest BCUT2D eigenvalue weighted by atomic mass is 32.2. The molecule has 1 aromatic heterocycles. The monoisotopic (exact) mass is 263 g/mol. The molecule has 2 N–H and O–H groups in total. The summed E-state index contributed by atoms with van der Waals surface area (Å²) in [7, 11) is -3.16. The molecule has 0 aliphatic carbocycles. The molecular weight excluding hydrogens is 246 g/mol. The topological polar surface area (TPSA) is 69.4 Å². The molecule has 0 aliphatic rings. The van der Waals surface area contributed by atoms with Crippen molar-refractivity contribution in [3.63, 3.8) is 0 Å². The SMILES string of the molecule is CCOC(CN)CCS(=O)(=O)c1cccs1. The van der Waals surface area contributed by atoms with Gasteiger partial charge < -0.3 is 10.5 Å². The number of hydrogen-bond acceptors (Lipinski definition) is 5. The Kier molecular flexibility index (Phi) is 5.40. The molecule has 0 saturated heterocycles. The van der Waals surface area contributed by atoms with Crippen LogP contribution in [0.1, 0.15) is 13.3 Å². The largest absolute Gasteiger partial charge is 0.377 e. The van der Waals surface area contributed by atoms with Crippen LogP contribution in [0, 0.1) is 0 Å². The molecule has 0 aliphatic heterocycles. The van der Waals surface area contributed by atoms with Gasteiger partial charge in [-0.2, -0.15) is 0 Å². The van der Waals surface area contributed by atoms with E-state index in [-0.39, 0.29) is 11.9 Å². The smallest absolute Gasteiger partial charge is 0.187 e. The third kappa shape index (κ3) is 3.86. The van der Waals surface area contributed by atoms with E-state index >= 15 is 0 Å². The van der Waals surface area contributed by atoms with Crippen molar-refractivity contribution in [3.05, 3.63) is 17.5 Å². The third-order valence-electron chi connectivity index (χ3n) is 2.18. The second-order valence-corrected chi connectivity index (χ2v) is 6.64. The summed E-state index contributed by atoms with van der Waals surface area (Å²) in [5, 5.41) is 1.76. The quantitative estimate of drug-likeness (QED) is 0.804. The van der Waals surface area contributed by atoms with E-state index < -0.39 is 9.84 Å². The zero-order chi connectivity index (χ0) is 12.0. The second kappa shape index (κ2) is 6.34. The van der Waals surface area contributed by atoms with Gasteiger partial charge in [0.15, 0.2) is 9.84 Å². The Morgan fingerprint density at radius 2 is 2.31 bits per heavy atom. The van der Waals surface area contributed by atoms with E-state index in [0.717, 1.165) is 0 Å². The van der Waals surface area contributed by atoms with Gasteiger partial charge in [-0.3, -0.25) is 0 Å². The minimum atomic E-state index is -3.16. The maximum atomic E-state index is 11.8. The van der Waals surface area contributed by atoms with E-state index in [9.17, 15) is 8.42 Å². The molecule has 16 heavy (non-hydrogen) atoms. The molecule has 0 fully saturated rings. The van der Waals surface area contributed by atoms with Crippen LogP contribution in [0.5, 0.6) is 0 Å². The third-order valence-corrected chi connectivity index (χ3v) is 5.41. The van der Waals surface area contributed by atoms with Crippen LogP contribution in [-0.4, -0.2) is 33.4 Å². The standard InChI is InChI=1S/C10H17NO3S2/c1-2-14-9(8-11)5-7-16(12,13)10-4-3-6-15-10/h3-4,6,9H,2,5,7-8,11H2,1H3. The normalized spacial score (nSPS) is 13.9. The fraction of sp³-hybridized carbons (Fsp3) is 0.600. The lowest BCUT2D eigenvalue weighted by Crippen LogP contribution is -2.26. The molecule has 0 bridgehead atoms. The molecule has 0 spiro atoms. The zero-order valence-corrected chi connectivity index (χ0v) is 10.9. The second-order valence-electron chi connectivity index (χ2n) is 3.35. The molecular formula is C10H17NO3S2. The molecule has 1 heterocycles. The minimum absolute atomic E-state index is 0.0926. The lowest BCUT2D eigenvalue weighted by atomic mass is 10.3. The van der Waals surface area contributed by atoms with Crippen molar-refractivity contribution >= 4 is 21.2 Å². The molecule has 1 aromatic rings. The lowest BCUT2D eigenvalue weighted by molar-refractivity contribution is 0.0671. The van der Waals surface area contributed by atoms with E-state index in [1.54, 1.807) is 17.5 Å². The summed E-state index contributed by atoms with van der Waals surface area (Å²) in [6.07, 6.45) is 0.282. The fourth-order valence-electron chi connectivity index (χ4n) is 1.33. The average Bonchev–Trinajstić information content (AvgIpc) is 2.78. The Labute approximate surface area is 100 Å². The van der Waals surface area contributed by atoms with Crippen LogP contribution in [0.4, 0.5) is 0 Å². The Balaban J connectivity index is 2.54. The van der Waals surface area contributed by atoms with Crippen molar-refractivity contribution in [1.29, 1.82) is 0 Å². The summed E-state index contributed by atoms with van der Waals surface area (Å²) in [5.74, 6) is 0.0926. The predicted molar refractivity (Wildman–Crippen MR) is 65.5 cm³/mol. The number of sulfone groups is 1. The number of nitrogens with two attached hydrogens (primary N) is 1. The highest BCUT2D eigenvalue weighted by molar-refractivity contribution is 7.93. The first-order chi connectivity index (χ1) is 7.60. The van der Waals surface area contributed by atoms with Crippen LogP contribution in [0.15, 0.2) is 21.7 Å². The van der Waals surface area contributed by atoms with Crippen molar-refractivity contribution in [3.8, 4) is 0 Å². The molecule has 0 radical (unpaired) electrons. The summed E-state index contributed by atoms with van der Waals surface area (Å²) in [5.41, 5.74) is 5.49. The summed E-state index contributed by atoms with van der Waals surface area (Å²) < 4.78 is 29.4. The van der Waals surface area contributed by atoms with E-state index in [4.69, 9.17) is 10.5 Å².